The molecular weight excluding hydrogens is 312 g/mol. The first-order chi connectivity index (χ1) is 11.5. The van der Waals surface area contributed by atoms with E-state index in [4.69, 9.17) is 0 Å². The lowest BCUT2D eigenvalue weighted by molar-refractivity contribution is -0.385. The number of nitrogens with zero attached hydrogens (tertiary/aromatic N) is 2. The molecule has 8 heteroatoms. The molecule has 2 amide bonds. The van der Waals surface area contributed by atoms with Gasteiger partial charge in [0.15, 0.2) is 0 Å². The maximum atomic E-state index is 11.7. The standard InChI is InChI=1S/C16H14N4O4/c1-11-6-8-13(9-7-11)18-15(21)16(22)19-17-10-12-4-2-3-5-14(12)20(23)24/h2-10H,1H3,(H,18,21)(H,19,22)/b17-10-. The largest absolute Gasteiger partial charge is 0.329 e. The Morgan fingerprint density at radius 2 is 1.75 bits per heavy atom. The molecule has 0 aliphatic carbocycles. The molecule has 0 aliphatic heterocycles. The number of hydrogen-bond acceptors (Lipinski definition) is 5. The molecule has 0 spiro atoms. The van der Waals surface area contributed by atoms with E-state index in [1.54, 1.807) is 30.3 Å². The van der Waals surface area contributed by atoms with Gasteiger partial charge in [0.2, 0.25) is 0 Å². The van der Waals surface area contributed by atoms with Crippen molar-refractivity contribution in [2.75, 3.05) is 5.32 Å². The van der Waals surface area contributed by atoms with Gasteiger partial charge < -0.3 is 5.32 Å². The van der Waals surface area contributed by atoms with Crippen molar-refractivity contribution in [3.05, 3.63) is 69.8 Å². The van der Waals surface area contributed by atoms with Gasteiger partial charge in [-0.15, -0.1) is 0 Å². The Balaban J connectivity index is 1.96. The van der Waals surface area contributed by atoms with Gasteiger partial charge in [-0.1, -0.05) is 29.8 Å². The van der Waals surface area contributed by atoms with E-state index in [9.17, 15) is 19.7 Å². The molecule has 2 aromatic carbocycles. The fraction of sp³-hybridized carbons (Fsp3) is 0.0625. The van der Waals surface area contributed by atoms with Crippen LogP contribution in [0.2, 0.25) is 0 Å². The number of carbonyl (C=O) groups excluding carboxylic acids is 2. The molecule has 2 N–H and O–H groups in total. The van der Waals surface area contributed by atoms with E-state index in [1.165, 1.54) is 18.2 Å². The topological polar surface area (TPSA) is 114 Å². The summed E-state index contributed by atoms with van der Waals surface area (Å²) in [4.78, 5) is 33.6. The smallest absolute Gasteiger partial charge is 0.318 e. The maximum Gasteiger partial charge on any atom is 0.329 e. The minimum Gasteiger partial charge on any atom is -0.318 e. The Morgan fingerprint density at radius 1 is 1.08 bits per heavy atom. The first kappa shape index (κ1) is 16.8. The predicted molar refractivity (Wildman–Crippen MR) is 88.6 cm³/mol. The second kappa shape index (κ2) is 7.63. The van der Waals surface area contributed by atoms with Crippen molar-refractivity contribution in [1.82, 2.24) is 5.43 Å². The molecule has 2 rings (SSSR count). The zero-order chi connectivity index (χ0) is 17.5. The van der Waals surface area contributed by atoms with Gasteiger partial charge in [0, 0.05) is 11.8 Å². The number of para-hydroxylation sites is 1. The van der Waals surface area contributed by atoms with Crippen molar-refractivity contribution in [2.45, 2.75) is 6.92 Å². The third kappa shape index (κ3) is 4.47. The molecule has 8 nitrogen and oxygen atoms in total. The molecule has 0 aromatic heterocycles. The van der Waals surface area contributed by atoms with Gasteiger partial charge in [-0.25, -0.2) is 5.43 Å². The molecule has 0 radical (unpaired) electrons. The van der Waals surface area contributed by atoms with Gasteiger partial charge in [-0.2, -0.15) is 5.10 Å². The van der Waals surface area contributed by atoms with E-state index in [0.717, 1.165) is 11.8 Å². The van der Waals surface area contributed by atoms with E-state index < -0.39 is 16.7 Å². The Kier molecular flexibility index (Phi) is 5.35. The van der Waals surface area contributed by atoms with Crippen LogP contribution in [0.4, 0.5) is 11.4 Å². The van der Waals surface area contributed by atoms with Crippen molar-refractivity contribution < 1.29 is 14.5 Å². The number of anilines is 1. The lowest BCUT2D eigenvalue weighted by Crippen LogP contribution is -2.32. The molecule has 2 aromatic rings. The zero-order valence-electron chi connectivity index (χ0n) is 12.7. The average Bonchev–Trinajstić information content (AvgIpc) is 2.57. The van der Waals surface area contributed by atoms with Gasteiger partial charge in [0.25, 0.3) is 5.69 Å². The number of nitro benzene ring substituents is 1. The van der Waals surface area contributed by atoms with Gasteiger partial charge in [-0.05, 0) is 25.1 Å². The van der Waals surface area contributed by atoms with Crippen LogP contribution in [0.25, 0.3) is 0 Å². The molecule has 0 saturated carbocycles. The summed E-state index contributed by atoms with van der Waals surface area (Å²) < 4.78 is 0. The number of hydrogen-bond donors (Lipinski definition) is 2. The fourth-order valence-corrected chi connectivity index (χ4v) is 1.80. The highest BCUT2D eigenvalue weighted by Crippen LogP contribution is 2.15. The molecular formula is C16H14N4O4. The van der Waals surface area contributed by atoms with E-state index in [-0.39, 0.29) is 11.3 Å². The Morgan fingerprint density at radius 3 is 2.42 bits per heavy atom. The number of nitro groups is 1. The lowest BCUT2D eigenvalue weighted by Gasteiger charge is -2.04. The fourth-order valence-electron chi connectivity index (χ4n) is 1.80. The maximum absolute atomic E-state index is 11.7. The summed E-state index contributed by atoms with van der Waals surface area (Å²) in [6.07, 6.45) is 1.11. The van der Waals surface area contributed by atoms with Crippen molar-refractivity contribution in [2.24, 2.45) is 5.10 Å². The number of hydrazone groups is 1. The molecule has 24 heavy (non-hydrogen) atoms. The predicted octanol–water partition coefficient (Wildman–Crippen LogP) is 1.99. The summed E-state index contributed by atoms with van der Waals surface area (Å²) in [5, 5.41) is 16.8. The molecule has 122 valence electrons. The van der Waals surface area contributed by atoms with Crippen LogP contribution in [0.5, 0.6) is 0 Å². The number of rotatable bonds is 4. The van der Waals surface area contributed by atoms with Crippen molar-refractivity contribution in [3.63, 3.8) is 0 Å². The normalized spacial score (nSPS) is 10.4. The summed E-state index contributed by atoms with van der Waals surface area (Å²) >= 11 is 0. The van der Waals surface area contributed by atoms with Gasteiger partial charge in [-0.3, -0.25) is 19.7 Å². The molecule has 0 bridgehead atoms. The summed E-state index contributed by atoms with van der Waals surface area (Å²) in [7, 11) is 0. The zero-order valence-corrected chi connectivity index (χ0v) is 12.7. The second-order valence-electron chi connectivity index (χ2n) is 4.84. The first-order valence-corrected chi connectivity index (χ1v) is 6.92. The number of carbonyl (C=O) groups is 2. The first-order valence-electron chi connectivity index (χ1n) is 6.92. The van der Waals surface area contributed by atoms with Crippen LogP contribution in [-0.4, -0.2) is 23.0 Å². The summed E-state index contributed by atoms with van der Waals surface area (Å²) in [5.74, 6) is -1.87. The molecule has 0 atom stereocenters. The third-order valence-electron chi connectivity index (χ3n) is 3.02. The molecule has 0 saturated heterocycles. The molecule has 0 heterocycles. The van der Waals surface area contributed by atoms with Crippen LogP contribution < -0.4 is 10.7 Å². The highest BCUT2D eigenvalue weighted by molar-refractivity contribution is 6.39. The Labute approximate surface area is 137 Å². The van der Waals surface area contributed by atoms with Gasteiger partial charge >= 0.3 is 11.8 Å². The monoisotopic (exact) mass is 326 g/mol. The minimum absolute atomic E-state index is 0.153. The lowest BCUT2D eigenvalue weighted by atomic mass is 10.2. The molecule has 0 fully saturated rings. The van der Waals surface area contributed by atoms with Crippen LogP contribution in [0.3, 0.4) is 0 Å². The quantitative estimate of drug-likeness (QED) is 0.387. The summed E-state index contributed by atoms with van der Waals surface area (Å²) in [6.45, 7) is 1.90. The number of amides is 2. The second-order valence-corrected chi connectivity index (χ2v) is 4.84. The molecule has 0 unspecified atom stereocenters. The van der Waals surface area contributed by atoms with E-state index in [0.29, 0.717) is 5.69 Å². The minimum atomic E-state index is -0.981. The third-order valence-corrected chi connectivity index (χ3v) is 3.02. The van der Waals surface area contributed by atoms with Crippen LogP contribution in [0.15, 0.2) is 53.6 Å². The molecule has 0 aliphatic rings. The summed E-state index contributed by atoms with van der Waals surface area (Å²) in [5.41, 5.74) is 3.58. The van der Waals surface area contributed by atoms with Crippen molar-refractivity contribution in [1.29, 1.82) is 0 Å². The Bertz CT molecular complexity index is 800. The van der Waals surface area contributed by atoms with Gasteiger partial charge in [0.05, 0.1) is 16.7 Å². The SMILES string of the molecule is Cc1ccc(NC(=O)C(=O)N/N=C\c2ccccc2[N+](=O)[O-])cc1. The van der Waals surface area contributed by atoms with E-state index in [2.05, 4.69) is 10.4 Å². The van der Waals surface area contributed by atoms with Crippen molar-refractivity contribution >= 4 is 29.4 Å². The van der Waals surface area contributed by atoms with Crippen LogP contribution in [0, 0.1) is 17.0 Å². The van der Waals surface area contributed by atoms with Crippen LogP contribution >= 0.6 is 0 Å². The Hall–Kier alpha value is -3.55. The summed E-state index contributed by atoms with van der Waals surface area (Å²) in [6, 6.07) is 12.8. The number of nitrogens with one attached hydrogen (secondary N) is 2. The highest BCUT2D eigenvalue weighted by Gasteiger charge is 2.13. The van der Waals surface area contributed by atoms with E-state index >= 15 is 0 Å². The van der Waals surface area contributed by atoms with Crippen molar-refractivity contribution in [3.8, 4) is 0 Å². The average molecular weight is 326 g/mol. The number of benzene rings is 2. The van der Waals surface area contributed by atoms with E-state index in [1.807, 2.05) is 12.3 Å². The highest BCUT2D eigenvalue weighted by atomic mass is 16.6. The number of aryl methyl sites for hydroxylation is 1. The van der Waals surface area contributed by atoms with Crippen LogP contribution in [-0.2, 0) is 9.59 Å². The van der Waals surface area contributed by atoms with Crippen LogP contribution in [0.1, 0.15) is 11.1 Å². The van der Waals surface area contributed by atoms with Gasteiger partial charge in [0.1, 0.15) is 0 Å².